The van der Waals surface area contributed by atoms with Crippen molar-refractivity contribution < 1.29 is 36.8 Å². The van der Waals surface area contributed by atoms with E-state index in [1.807, 2.05) is 0 Å². The first kappa shape index (κ1) is 33.4. The van der Waals surface area contributed by atoms with Gasteiger partial charge in [0.1, 0.15) is 20.2 Å². The smallest absolute Gasteiger partial charge is 0.336 e. The molecule has 0 aliphatic rings. The number of benzene rings is 7. The van der Waals surface area contributed by atoms with Gasteiger partial charge in [0, 0.05) is 0 Å². The Balaban J connectivity index is 0.000000174. The van der Waals surface area contributed by atoms with Crippen LogP contribution in [0.15, 0.2) is 119 Å². The van der Waals surface area contributed by atoms with Crippen LogP contribution in [0.5, 0.6) is 0 Å². The average Bonchev–Trinajstić information content (AvgIpc) is 2.97. The number of guanidine groups is 2. The van der Waals surface area contributed by atoms with Crippen LogP contribution >= 0.6 is 0 Å². The van der Waals surface area contributed by atoms with Crippen LogP contribution in [0.1, 0.15) is 0 Å². The van der Waals surface area contributed by atoms with Gasteiger partial charge in [-0.05, 0) is 90.3 Å². The summed E-state index contributed by atoms with van der Waals surface area (Å²) in [5, 5.41) is 19.6. The van der Waals surface area contributed by atoms with E-state index in [0.717, 1.165) is 0 Å². The van der Waals surface area contributed by atoms with E-state index < -0.39 is 20.2 Å². The maximum atomic E-state index is 11.0. The summed E-state index contributed by atoms with van der Waals surface area (Å²) in [7, 11) is -9.09. The highest BCUT2D eigenvalue weighted by Gasteiger charge is 2.08. The van der Waals surface area contributed by atoms with Gasteiger partial charge in [0.2, 0.25) is 0 Å². The molecule has 0 aromatic heterocycles. The predicted molar refractivity (Wildman–Crippen MR) is 178 cm³/mol. The van der Waals surface area contributed by atoms with E-state index in [9.17, 15) is 25.9 Å². The van der Waals surface area contributed by atoms with Gasteiger partial charge in [0.05, 0.1) is 9.79 Å². The molecule has 0 bridgehead atoms. The summed E-state index contributed by atoms with van der Waals surface area (Å²) >= 11 is 0. The topological polar surface area (TPSA) is 270 Å². The lowest BCUT2D eigenvalue weighted by molar-refractivity contribution is -0.117. The van der Waals surface area contributed by atoms with Gasteiger partial charge in [-0.2, -0.15) is 0 Å². The van der Waals surface area contributed by atoms with E-state index in [0.29, 0.717) is 21.5 Å². The third-order valence-corrected chi connectivity index (χ3v) is 8.37. The second kappa shape index (κ2) is 13.2. The quantitative estimate of drug-likeness (QED) is 0.0490. The highest BCUT2D eigenvalue weighted by molar-refractivity contribution is 7.86. The van der Waals surface area contributed by atoms with Gasteiger partial charge in [0.15, 0.2) is 0 Å². The molecular weight excluding hydrogens is 629 g/mol. The molecule has 0 amide bonds. The number of rotatable bonds is 2. The van der Waals surface area contributed by atoms with Crippen molar-refractivity contribution in [1.29, 1.82) is 0 Å². The molecule has 0 unspecified atom stereocenters. The fourth-order valence-corrected chi connectivity index (χ4v) is 5.95. The largest absolute Gasteiger partial charge is 0.744 e. The van der Waals surface area contributed by atoms with Crippen LogP contribution in [0.4, 0.5) is 0 Å². The van der Waals surface area contributed by atoms with Crippen molar-refractivity contribution in [3.8, 4) is 0 Å². The van der Waals surface area contributed by atoms with Crippen molar-refractivity contribution in [3.63, 3.8) is 0 Å². The molecule has 0 aliphatic heterocycles. The average molecular weight is 659 g/mol. The van der Waals surface area contributed by atoms with Gasteiger partial charge in [-0.1, -0.05) is 72.8 Å². The number of nitrogens with two attached hydrogens (primary N) is 6. The van der Waals surface area contributed by atoms with E-state index in [1.165, 1.54) is 68.7 Å². The second-order valence-electron chi connectivity index (χ2n) is 10.1. The van der Waals surface area contributed by atoms with Crippen LogP contribution in [0, 0.1) is 0 Å². The predicted octanol–water partition coefficient (Wildman–Crippen LogP) is 0.423. The second-order valence-corrected chi connectivity index (χ2v) is 12.8. The Bertz CT molecular complexity index is 2230. The van der Waals surface area contributed by atoms with Crippen LogP contribution in [-0.4, -0.2) is 37.9 Å². The van der Waals surface area contributed by atoms with Gasteiger partial charge >= 0.3 is 11.9 Å². The van der Waals surface area contributed by atoms with Gasteiger partial charge in [-0.25, -0.2) is 16.8 Å². The minimum Gasteiger partial charge on any atom is -0.744 e. The first-order valence-corrected chi connectivity index (χ1v) is 16.1. The zero-order chi connectivity index (χ0) is 33.8. The third kappa shape index (κ3) is 7.94. The first-order chi connectivity index (χ1) is 21.5. The molecule has 0 saturated heterocycles. The van der Waals surface area contributed by atoms with Crippen molar-refractivity contribution >= 4 is 86.0 Å². The first-order valence-electron chi connectivity index (χ1n) is 13.3. The molecular formula is C32H30N6O6S2. The van der Waals surface area contributed by atoms with Gasteiger partial charge < -0.3 is 9.11 Å². The lowest BCUT2D eigenvalue weighted by Crippen LogP contribution is -2.51. The molecule has 7 aromatic carbocycles. The summed E-state index contributed by atoms with van der Waals surface area (Å²) in [6.07, 6.45) is 0. The Hall–Kier alpha value is -5.54. The zero-order valence-electron chi connectivity index (χ0n) is 24.1. The third-order valence-electron chi connectivity index (χ3n) is 6.71. The van der Waals surface area contributed by atoms with Gasteiger partial charge in [-0.3, -0.25) is 33.8 Å². The molecule has 0 saturated carbocycles. The fourth-order valence-electron chi connectivity index (χ4n) is 4.93. The van der Waals surface area contributed by atoms with Crippen LogP contribution in [0.2, 0.25) is 0 Å². The minimum absolute atomic E-state index is 0.0833. The summed E-state index contributed by atoms with van der Waals surface area (Å²) in [5.41, 5.74) is 18.3. The van der Waals surface area contributed by atoms with E-state index >= 15 is 0 Å². The molecule has 7 aromatic rings. The van der Waals surface area contributed by atoms with Crippen molar-refractivity contribution in [2.75, 3.05) is 0 Å². The lowest BCUT2D eigenvalue weighted by atomic mass is 9.95. The monoisotopic (exact) mass is 658 g/mol. The molecule has 0 aliphatic carbocycles. The van der Waals surface area contributed by atoms with E-state index in [-0.39, 0.29) is 21.7 Å². The van der Waals surface area contributed by atoms with E-state index in [4.69, 9.17) is 0 Å². The van der Waals surface area contributed by atoms with Crippen molar-refractivity contribution in [3.05, 3.63) is 109 Å². The molecule has 0 atom stereocenters. The van der Waals surface area contributed by atoms with E-state index in [2.05, 4.69) is 94.4 Å². The summed E-state index contributed by atoms with van der Waals surface area (Å²) in [5.74, 6) is -0.167. The van der Waals surface area contributed by atoms with Crippen molar-refractivity contribution in [2.45, 2.75) is 9.79 Å². The Morgan fingerprint density at radius 2 is 0.696 bits per heavy atom. The SMILES string of the molecule is NC(N)=[NH2+].NC(N)=[NH2+].O=S(=O)([O-])c1ccc2cc3cc(S(=O)(=O)[O-])ccc3cc2c1.c1cc2ccc3cccc4ccc(c1)c2c34. The maximum absolute atomic E-state index is 11.0. The number of hydrogen-bond acceptors (Lipinski definition) is 6. The highest BCUT2D eigenvalue weighted by Crippen LogP contribution is 2.34. The molecule has 0 fully saturated rings. The number of fused-ring (bicyclic) bond motifs is 2. The fraction of sp³-hybridized carbons (Fsp3) is 0. The molecule has 0 radical (unpaired) electrons. The summed E-state index contributed by atoms with van der Waals surface area (Å²) in [6, 6.07) is 32.9. The maximum Gasteiger partial charge on any atom is 0.336 e. The van der Waals surface area contributed by atoms with E-state index in [1.54, 1.807) is 12.1 Å². The molecule has 12 nitrogen and oxygen atoms in total. The van der Waals surface area contributed by atoms with Crippen LogP contribution in [-0.2, 0) is 20.2 Å². The van der Waals surface area contributed by atoms with Crippen LogP contribution in [0.25, 0.3) is 53.9 Å². The zero-order valence-corrected chi connectivity index (χ0v) is 25.8. The normalized spacial score (nSPS) is 11.3. The number of hydrogen-bond donors (Lipinski definition) is 6. The van der Waals surface area contributed by atoms with Crippen LogP contribution in [0.3, 0.4) is 0 Å². The van der Waals surface area contributed by atoms with Gasteiger partial charge in [-0.15, -0.1) is 0 Å². The lowest BCUT2D eigenvalue weighted by Gasteiger charge is -2.11. The minimum atomic E-state index is -4.54. The Morgan fingerprint density at radius 3 is 0.957 bits per heavy atom. The van der Waals surface area contributed by atoms with Crippen molar-refractivity contribution in [2.24, 2.45) is 22.9 Å². The molecule has 12 N–H and O–H groups in total. The molecule has 0 spiro atoms. The Kier molecular flexibility index (Phi) is 9.58. The van der Waals surface area contributed by atoms with Gasteiger partial charge in [0.25, 0.3) is 0 Å². The standard InChI is InChI=1S/C16H10.C14H10O6S2.2CH5N3/c1-3-11-7-9-13-5-2-6-14-10-8-12(4-1)15(11)16(13)14;15-21(16,17)13-3-1-9-5-12-8-14(22(18,19)20)4-2-10(12)6-11(9)7-13;2*2-1(3)4/h1-10H;1-8H,(H,15,16,17)(H,18,19,20);2*(H5,2,3,4). The summed E-state index contributed by atoms with van der Waals surface area (Å²) in [4.78, 5) is -0.670. The Morgan fingerprint density at radius 1 is 0.435 bits per heavy atom. The molecule has 14 heteroatoms. The summed E-state index contributed by atoms with van der Waals surface area (Å²) in [6.45, 7) is 0. The molecule has 0 heterocycles. The molecule has 7 rings (SSSR count). The summed E-state index contributed by atoms with van der Waals surface area (Å²) < 4.78 is 66.2. The Labute approximate surface area is 264 Å². The van der Waals surface area contributed by atoms with Crippen LogP contribution < -0.4 is 33.8 Å². The van der Waals surface area contributed by atoms with Crippen molar-refractivity contribution in [1.82, 2.24) is 0 Å². The highest BCUT2D eigenvalue weighted by atomic mass is 32.2. The molecule has 236 valence electrons. The molecule has 46 heavy (non-hydrogen) atoms.